The maximum atomic E-state index is 14.0. The third-order valence-electron chi connectivity index (χ3n) is 6.25. The van der Waals surface area contributed by atoms with E-state index >= 15 is 0 Å². The van der Waals surface area contributed by atoms with Gasteiger partial charge >= 0.3 is 23.9 Å². The van der Waals surface area contributed by atoms with Crippen molar-refractivity contribution in [2.75, 3.05) is 26.4 Å². The summed E-state index contributed by atoms with van der Waals surface area (Å²) in [7, 11) is 0. The molecule has 2 atom stereocenters. The summed E-state index contributed by atoms with van der Waals surface area (Å²) in [4.78, 5) is 55.4. The molecule has 1 saturated heterocycles. The molecule has 0 saturated carbocycles. The van der Waals surface area contributed by atoms with E-state index in [1.165, 1.54) is 43.0 Å². The first-order chi connectivity index (χ1) is 19.2. The van der Waals surface area contributed by atoms with Gasteiger partial charge in [-0.3, -0.25) is 10.2 Å². The Morgan fingerprint density at radius 3 is 1.52 bits per heavy atom. The molecular weight excluding hydrogens is 530 g/mol. The van der Waals surface area contributed by atoms with Gasteiger partial charge in [-0.05, 0) is 63.1 Å². The lowest BCUT2D eigenvalue weighted by molar-refractivity contribution is -0.172. The average molecular weight is 563 g/mol. The van der Waals surface area contributed by atoms with Gasteiger partial charge in [0.1, 0.15) is 11.6 Å². The average Bonchev–Trinajstić information content (AvgIpc) is 3.27. The number of halogens is 2. The van der Waals surface area contributed by atoms with Crippen molar-refractivity contribution in [1.29, 1.82) is 0 Å². The molecule has 0 bridgehead atoms. The SMILES string of the molecule is CCOC(=O)C(C(=O)OCC)N1[C@@H](c2ccc(F)cc2)NC(C(=O)OCC)(C(=O)OCC)[C@H]1c1ccc(F)cc1. The Bertz CT molecular complexity index is 1170. The van der Waals surface area contributed by atoms with Crippen molar-refractivity contribution in [2.24, 2.45) is 0 Å². The Balaban J connectivity index is 2.42. The van der Waals surface area contributed by atoms with E-state index in [2.05, 4.69) is 5.32 Å². The van der Waals surface area contributed by atoms with Crippen molar-refractivity contribution in [3.05, 3.63) is 71.3 Å². The minimum Gasteiger partial charge on any atom is -0.464 e. The first-order valence-electron chi connectivity index (χ1n) is 12.9. The summed E-state index contributed by atoms with van der Waals surface area (Å²) in [6.07, 6.45) is -1.26. The molecule has 1 N–H and O–H groups in total. The number of carbonyl (C=O) groups is 4. The van der Waals surface area contributed by atoms with E-state index in [4.69, 9.17) is 18.9 Å². The van der Waals surface area contributed by atoms with Gasteiger partial charge in [0.15, 0.2) is 0 Å². The van der Waals surface area contributed by atoms with Crippen molar-refractivity contribution in [1.82, 2.24) is 10.2 Å². The Morgan fingerprint density at radius 2 is 1.12 bits per heavy atom. The number of hydrogen-bond acceptors (Lipinski definition) is 10. The van der Waals surface area contributed by atoms with Gasteiger partial charge in [-0.1, -0.05) is 24.3 Å². The largest absolute Gasteiger partial charge is 0.464 e. The molecule has 3 rings (SSSR count). The molecule has 40 heavy (non-hydrogen) atoms. The first-order valence-corrected chi connectivity index (χ1v) is 12.9. The highest BCUT2D eigenvalue weighted by Crippen LogP contribution is 2.47. The molecule has 0 spiro atoms. The third-order valence-corrected chi connectivity index (χ3v) is 6.25. The highest BCUT2D eigenvalue weighted by Gasteiger charge is 2.67. The van der Waals surface area contributed by atoms with E-state index in [0.29, 0.717) is 0 Å². The lowest BCUT2D eigenvalue weighted by Crippen LogP contribution is -2.60. The van der Waals surface area contributed by atoms with E-state index in [9.17, 15) is 28.0 Å². The fraction of sp³-hybridized carbons (Fsp3) is 0.429. The Kier molecular flexibility index (Phi) is 10.3. The van der Waals surface area contributed by atoms with E-state index in [0.717, 1.165) is 24.3 Å². The van der Waals surface area contributed by atoms with Gasteiger partial charge < -0.3 is 18.9 Å². The maximum Gasteiger partial charge on any atom is 0.340 e. The zero-order valence-electron chi connectivity index (χ0n) is 22.6. The zero-order valence-corrected chi connectivity index (χ0v) is 22.6. The van der Waals surface area contributed by atoms with Crippen LogP contribution in [0.2, 0.25) is 0 Å². The van der Waals surface area contributed by atoms with Gasteiger partial charge in [0.05, 0.1) is 38.6 Å². The van der Waals surface area contributed by atoms with Crippen molar-refractivity contribution in [3.8, 4) is 0 Å². The molecule has 0 aliphatic carbocycles. The maximum absolute atomic E-state index is 14.0. The highest BCUT2D eigenvalue weighted by atomic mass is 19.1. The number of hydrogen-bond donors (Lipinski definition) is 1. The highest BCUT2D eigenvalue weighted by molar-refractivity contribution is 6.07. The molecule has 2 aromatic carbocycles. The number of ether oxygens (including phenoxy) is 4. The van der Waals surface area contributed by atoms with Crippen molar-refractivity contribution < 1.29 is 46.9 Å². The number of benzene rings is 2. The van der Waals surface area contributed by atoms with Crippen LogP contribution in [0.5, 0.6) is 0 Å². The minimum absolute atomic E-state index is 0.0979. The van der Waals surface area contributed by atoms with Crippen LogP contribution in [-0.2, 0) is 38.1 Å². The lowest BCUT2D eigenvalue weighted by Gasteiger charge is -2.36. The Labute approximate surface area is 230 Å². The molecule has 2 aromatic rings. The lowest BCUT2D eigenvalue weighted by atomic mass is 9.85. The van der Waals surface area contributed by atoms with Crippen LogP contribution in [0.15, 0.2) is 48.5 Å². The molecule has 216 valence electrons. The van der Waals surface area contributed by atoms with Gasteiger partial charge in [0.2, 0.25) is 11.6 Å². The van der Waals surface area contributed by atoms with Crippen molar-refractivity contribution in [2.45, 2.75) is 51.5 Å². The van der Waals surface area contributed by atoms with Crippen LogP contribution in [0.3, 0.4) is 0 Å². The fourth-order valence-corrected chi connectivity index (χ4v) is 4.70. The van der Waals surface area contributed by atoms with Gasteiger partial charge in [0, 0.05) is 0 Å². The second kappa shape index (κ2) is 13.4. The molecule has 1 aliphatic heterocycles. The summed E-state index contributed by atoms with van der Waals surface area (Å²) in [6.45, 7) is 5.70. The molecular formula is C28H32F2N2O8. The molecule has 12 heteroatoms. The Morgan fingerprint density at radius 1 is 0.725 bits per heavy atom. The topological polar surface area (TPSA) is 120 Å². The van der Waals surface area contributed by atoms with Crippen LogP contribution >= 0.6 is 0 Å². The van der Waals surface area contributed by atoms with Gasteiger partial charge in [-0.15, -0.1) is 0 Å². The standard InChI is InChI=1S/C28H32F2N2O8/c1-5-37-24(33)21(25(34)38-6-2)32-22(17-9-13-19(29)14-10-17)28(26(35)39-7-3,27(36)40-8-4)31-23(32)18-11-15-20(30)16-12-18/h9-16,21-23,31H,5-8H2,1-4H3/t22-,23+/m1/s1. The van der Waals surface area contributed by atoms with E-state index in [1.807, 2.05) is 0 Å². The fourth-order valence-electron chi connectivity index (χ4n) is 4.70. The van der Waals surface area contributed by atoms with Crippen LogP contribution in [0.25, 0.3) is 0 Å². The molecule has 1 aliphatic rings. The molecule has 0 aromatic heterocycles. The minimum atomic E-state index is -2.36. The molecule has 10 nitrogen and oxygen atoms in total. The third kappa shape index (κ3) is 5.97. The van der Waals surface area contributed by atoms with E-state index < -0.39 is 59.3 Å². The second-order valence-corrected chi connectivity index (χ2v) is 8.66. The molecule has 1 fully saturated rings. The molecule has 0 radical (unpaired) electrons. The summed E-state index contributed by atoms with van der Waals surface area (Å²) in [5, 5.41) is 2.94. The summed E-state index contributed by atoms with van der Waals surface area (Å²) in [5.74, 6) is -5.36. The predicted molar refractivity (Wildman–Crippen MR) is 136 cm³/mol. The molecule has 1 heterocycles. The van der Waals surface area contributed by atoms with Crippen LogP contribution < -0.4 is 5.32 Å². The van der Waals surface area contributed by atoms with Gasteiger partial charge in [-0.2, -0.15) is 0 Å². The van der Waals surface area contributed by atoms with Crippen LogP contribution in [-0.4, -0.2) is 66.8 Å². The normalized spacial score (nSPS) is 18.3. The van der Waals surface area contributed by atoms with Crippen molar-refractivity contribution >= 4 is 23.9 Å². The van der Waals surface area contributed by atoms with Gasteiger partial charge in [0.25, 0.3) is 0 Å². The van der Waals surface area contributed by atoms with Crippen molar-refractivity contribution in [3.63, 3.8) is 0 Å². The quantitative estimate of drug-likeness (QED) is 0.249. The van der Waals surface area contributed by atoms with Crippen LogP contribution in [0, 0.1) is 11.6 Å². The molecule has 0 unspecified atom stereocenters. The number of rotatable bonds is 11. The number of esters is 4. The number of nitrogens with one attached hydrogen (secondary N) is 1. The van der Waals surface area contributed by atoms with E-state index in [1.54, 1.807) is 13.8 Å². The van der Waals surface area contributed by atoms with Crippen LogP contribution in [0.4, 0.5) is 8.78 Å². The monoisotopic (exact) mass is 562 g/mol. The molecule has 0 amide bonds. The number of carbonyl (C=O) groups excluding carboxylic acids is 4. The van der Waals surface area contributed by atoms with Gasteiger partial charge in [-0.25, -0.2) is 28.0 Å². The summed E-state index contributed by atoms with van der Waals surface area (Å²) in [6, 6.07) is 6.52. The predicted octanol–water partition coefficient (Wildman–Crippen LogP) is 2.97. The summed E-state index contributed by atoms with van der Waals surface area (Å²) in [5.41, 5.74) is -1.92. The number of nitrogens with zero attached hydrogens (tertiary/aromatic N) is 1. The smallest absolute Gasteiger partial charge is 0.340 e. The Hall–Kier alpha value is -3.90. The zero-order chi connectivity index (χ0) is 29.4. The summed E-state index contributed by atoms with van der Waals surface area (Å²) >= 11 is 0. The summed E-state index contributed by atoms with van der Waals surface area (Å²) < 4.78 is 49.0. The second-order valence-electron chi connectivity index (χ2n) is 8.66. The van der Waals surface area contributed by atoms with Crippen LogP contribution in [0.1, 0.15) is 51.0 Å². The van der Waals surface area contributed by atoms with E-state index in [-0.39, 0.29) is 37.6 Å². The first kappa shape index (κ1) is 30.6.